The third kappa shape index (κ3) is 2.66. The van der Waals surface area contributed by atoms with E-state index in [1.807, 2.05) is 6.07 Å². The molecule has 1 aliphatic heterocycles. The molecule has 1 aliphatic rings. The summed E-state index contributed by atoms with van der Waals surface area (Å²) < 4.78 is 6.38. The van der Waals surface area contributed by atoms with Crippen molar-refractivity contribution in [2.45, 2.75) is 6.10 Å². The number of aromatic nitrogens is 1. The molecule has 16 heavy (non-hydrogen) atoms. The van der Waals surface area contributed by atoms with E-state index in [1.54, 1.807) is 6.20 Å². The quantitative estimate of drug-likeness (QED) is 0.903. The number of pyridine rings is 1. The van der Waals surface area contributed by atoms with E-state index in [0.717, 1.165) is 23.4 Å². The Morgan fingerprint density at radius 1 is 1.69 bits per heavy atom. The average Bonchev–Trinajstić information content (AvgIpc) is 2.29. The molecule has 0 aliphatic carbocycles. The minimum absolute atomic E-state index is 0.0651. The number of anilines is 1. The van der Waals surface area contributed by atoms with Crippen LogP contribution in [0.5, 0.6) is 0 Å². The van der Waals surface area contributed by atoms with Crippen LogP contribution in [0.15, 0.2) is 16.7 Å². The van der Waals surface area contributed by atoms with Crippen LogP contribution >= 0.6 is 27.5 Å². The first-order valence-electron chi connectivity index (χ1n) is 5.08. The molecule has 0 amide bonds. The Balaban J connectivity index is 2.16. The minimum Gasteiger partial charge on any atom is -0.373 e. The van der Waals surface area contributed by atoms with Crippen molar-refractivity contribution in [2.24, 2.45) is 5.73 Å². The second-order valence-electron chi connectivity index (χ2n) is 3.63. The van der Waals surface area contributed by atoms with Crippen molar-refractivity contribution in [3.05, 3.63) is 21.8 Å². The number of nitrogens with zero attached hydrogens (tertiary/aromatic N) is 2. The number of hydrogen-bond donors (Lipinski definition) is 1. The van der Waals surface area contributed by atoms with Crippen molar-refractivity contribution in [1.29, 1.82) is 0 Å². The van der Waals surface area contributed by atoms with Gasteiger partial charge in [0, 0.05) is 30.3 Å². The SMILES string of the molecule is NCC1CN(c2ncc(Br)cc2Cl)CCO1. The van der Waals surface area contributed by atoms with Gasteiger partial charge in [0.2, 0.25) is 0 Å². The molecule has 1 saturated heterocycles. The Morgan fingerprint density at radius 3 is 3.19 bits per heavy atom. The fraction of sp³-hybridized carbons (Fsp3) is 0.500. The van der Waals surface area contributed by atoms with Gasteiger partial charge in [-0.3, -0.25) is 0 Å². The predicted octanol–water partition coefficient (Wildman–Crippen LogP) is 1.66. The molecule has 0 bridgehead atoms. The smallest absolute Gasteiger partial charge is 0.147 e. The lowest BCUT2D eigenvalue weighted by Gasteiger charge is -2.33. The molecule has 6 heteroatoms. The summed E-state index contributed by atoms with van der Waals surface area (Å²) in [6, 6.07) is 1.84. The first-order valence-corrected chi connectivity index (χ1v) is 6.25. The van der Waals surface area contributed by atoms with Crippen LogP contribution in [-0.4, -0.2) is 37.3 Å². The topological polar surface area (TPSA) is 51.4 Å². The van der Waals surface area contributed by atoms with Gasteiger partial charge in [-0.25, -0.2) is 4.98 Å². The molecular weight excluding hydrogens is 293 g/mol. The van der Waals surface area contributed by atoms with E-state index in [9.17, 15) is 0 Å². The fourth-order valence-corrected chi connectivity index (χ4v) is 2.44. The molecule has 1 fully saturated rings. The summed E-state index contributed by atoms with van der Waals surface area (Å²) in [5.41, 5.74) is 5.59. The van der Waals surface area contributed by atoms with Gasteiger partial charge in [0.15, 0.2) is 0 Å². The predicted molar refractivity (Wildman–Crippen MR) is 68.0 cm³/mol. The van der Waals surface area contributed by atoms with Crippen molar-refractivity contribution in [3.8, 4) is 0 Å². The molecule has 2 rings (SSSR count). The van der Waals surface area contributed by atoms with Gasteiger partial charge >= 0.3 is 0 Å². The Morgan fingerprint density at radius 2 is 2.50 bits per heavy atom. The highest BCUT2D eigenvalue weighted by molar-refractivity contribution is 9.10. The van der Waals surface area contributed by atoms with E-state index in [2.05, 4.69) is 25.8 Å². The Bertz CT molecular complexity index is 377. The van der Waals surface area contributed by atoms with Gasteiger partial charge in [-0.2, -0.15) is 0 Å². The number of rotatable bonds is 2. The van der Waals surface area contributed by atoms with Gasteiger partial charge < -0.3 is 15.4 Å². The molecule has 4 nitrogen and oxygen atoms in total. The number of ether oxygens (including phenoxy) is 1. The van der Waals surface area contributed by atoms with Gasteiger partial charge in [-0.15, -0.1) is 0 Å². The molecule has 1 unspecified atom stereocenters. The van der Waals surface area contributed by atoms with Crippen LogP contribution in [0.25, 0.3) is 0 Å². The zero-order chi connectivity index (χ0) is 11.5. The van der Waals surface area contributed by atoms with Crippen LogP contribution in [0.3, 0.4) is 0 Å². The van der Waals surface area contributed by atoms with Gasteiger partial charge in [-0.1, -0.05) is 11.6 Å². The zero-order valence-corrected chi connectivity index (χ0v) is 11.0. The summed E-state index contributed by atoms with van der Waals surface area (Å²) in [4.78, 5) is 6.43. The molecule has 0 spiro atoms. The largest absolute Gasteiger partial charge is 0.373 e. The molecule has 88 valence electrons. The van der Waals surface area contributed by atoms with Crippen LogP contribution in [0.1, 0.15) is 0 Å². The number of halogens is 2. The lowest BCUT2D eigenvalue weighted by molar-refractivity contribution is 0.0463. The lowest BCUT2D eigenvalue weighted by Crippen LogP contribution is -2.46. The first-order chi connectivity index (χ1) is 7.70. The Labute approximate surface area is 108 Å². The monoisotopic (exact) mass is 305 g/mol. The van der Waals surface area contributed by atoms with Crippen LogP contribution in [0, 0.1) is 0 Å². The highest BCUT2D eigenvalue weighted by atomic mass is 79.9. The fourth-order valence-electron chi connectivity index (χ4n) is 1.69. The molecule has 0 saturated carbocycles. The molecule has 2 heterocycles. The van der Waals surface area contributed by atoms with E-state index in [0.29, 0.717) is 18.2 Å². The normalized spacial score (nSPS) is 21.2. The maximum Gasteiger partial charge on any atom is 0.147 e. The molecule has 1 atom stereocenters. The third-order valence-corrected chi connectivity index (χ3v) is 3.20. The summed E-state index contributed by atoms with van der Waals surface area (Å²) in [5.74, 6) is 0.798. The Kier molecular flexibility index (Phi) is 4.02. The second-order valence-corrected chi connectivity index (χ2v) is 4.96. The number of nitrogens with two attached hydrogens (primary N) is 1. The zero-order valence-electron chi connectivity index (χ0n) is 8.70. The third-order valence-electron chi connectivity index (χ3n) is 2.49. The van der Waals surface area contributed by atoms with Crippen LogP contribution < -0.4 is 10.6 Å². The summed E-state index contributed by atoms with van der Waals surface area (Å²) in [6.45, 7) is 2.72. The number of morpholine rings is 1. The van der Waals surface area contributed by atoms with E-state index in [4.69, 9.17) is 22.1 Å². The first kappa shape index (κ1) is 12.1. The van der Waals surface area contributed by atoms with Crippen molar-refractivity contribution in [3.63, 3.8) is 0 Å². The van der Waals surface area contributed by atoms with Crippen molar-refractivity contribution >= 4 is 33.3 Å². The summed E-state index contributed by atoms with van der Waals surface area (Å²) in [5, 5.41) is 0.645. The van der Waals surface area contributed by atoms with E-state index >= 15 is 0 Å². The molecule has 1 aromatic heterocycles. The van der Waals surface area contributed by atoms with Crippen molar-refractivity contribution < 1.29 is 4.74 Å². The van der Waals surface area contributed by atoms with Gasteiger partial charge in [0.1, 0.15) is 5.82 Å². The standard InChI is InChI=1S/C10H13BrClN3O/c11-7-3-9(12)10(14-5-7)15-1-2-16-8(4-13)6-15/h3,5,8H,1-2,4,6,13H2. The van der Waals surface area contributed by atoms with E-state index < -0.39 is 0 Å². The van der Waals surface area contributed by atoms with Gasteiger partial charge in [-0.05, 0) is 22.0 Å². The Hall–Kier alpha value is -0.360. The van der Waals surface area contributed by atoms with Crippen LogP contribution in [-0.2, 0) is 4.74 Å². The molecule has 1 aromatic rings. The molecule has 0 aromatic carbocycles. The van der Waals surface area contributed by atoms with E-state index in [-0.39, 0.29) is 6.10 Å². The van der Waals surface area contributed by atoms with E-state index in [1.165, 1.54) is 0 Å². The van der Waals surface area contributed by atoms with Crippen LogP contribution in [0.4, 0.5) is 5.82 Å². The molecule has 0 radical (unpaired) electrons. The van der Waals surface area contributed by atoms with Crippen LogP contribution in [0.2, 0.25) is 5.02 Å². The molecular formula is C10H13BrClN3O. The average molecular weight is 307 g/mol. The summed E-state index contributed by atoms with van der Waals surface area (Å²) in [7, 11) is 0. The maximum atomic E-state index is 6.15. The maximum absolute atomic E-state index is 6.15. The molecule has 2 N–H and O–H groups in total. The minimum atomic E-state index is 0.0651. The lowest BCUT2D eigenvalue weighted by atomic mass is 10.2. The number of hydrogen-bond acceptors (Lipinski definition) is 4. The highest BCUT2D eigenvalue weighted by Gasteiger charge is 2.21. The van der Waals surface area contributed by atoms with Crippen molar-refractivity contribution in [1.82, 2.24) is 4.98 Å². The van der Waals surface area contributed by atoms with Gasteiger partial charge in [0.25, 0.3) is 0 Å². The summed E-state index contributed by atoms with van der Waals surface area (Å²) in [6.07, 6.45) is 1.81. The highest BCUT2D eigenvalue weighted by Crippen LogP contribution is 2.27. The van der Waals surface area contributed by atoms with Crippen molar-refractivity contribution in [2.75, 3.05) is 31.1 Å². The summed E-state index contributed by atoms with van der Waals surface area (Å²) >= 11 is 9.48. The van der Waals surface area contributed by atoms with Gasteiger partial charge in [0.05, 0.1) is 17.7 Å². The second kappa shape index (κ2) is 5.31.